The molecule has 2 aromatic rings. The standard InChI is InChI=1S/C19H24N2O4/c1-13(12-21(2)15-6-4-3-5-7-15)20-11-18(23)14-8-9-17(22)16(10-14)19(24)25/h3-10,13,18,20,22-23H,11-12H2,1-2H3,(H,24,25). The lowest BCUT2D eigenvalue weighted by Crippen LogP contribution is -2.39. The van der Waals surface area contributed by atoms with E-state index in [4.69, 9.17) is 5.11 Å². The van der Waals surface area contributed by atoms with Gasteiger partial charge in [0, 0.05) is 31.9 Å². The molecule has 0 aliphatic heterocycles. The molecule has 0 saturated carbocycles. The fourth-order valence-corrected chi connectivity index (χ4v) is 2.63. The fourth-order valence-electron chi connectivity index (χ4n) is 2.63. The maximum absolute atomic E-state index is 11.1. The summed E-state index contributed by atoms with van der Waals surface area (Å²) in [6, 6.07) is 14.2. The number of hydrogen-bond acceptors (Lipinski definition) is 5. The van der Waals surface area contributed by atoms with E-state index in [-0.39, 0.29) is 23.9 Å². The monoisotopic (exact) mass is 344 g/mol. The van der Waals surface area contributed by atoms with Crippen molar-refractivity contribution in [3.05, 3.63) is 59.7 Å². The predicted molar refractivity (Wildman–Crippen MR) is 97.2 cm³/mol. The van der Waals surface area contributed by atoms with Crippen LogP contribution in [0.4, 0.5) is 5.69 Å². The number of rotatable bonds is 8. The molecule has 0 aliphatic rings. The first-order valence-corrected chi connectivity index (χ1v) is 8.12. The van der Waals surface area contributed by atoms with Crippen LogP contribution in [-0.2, 0) is 0 Å². The zero-order valence-corrected chi connectivity index (χ0v) is 14.4. The van der Waals surface area contributed by atoms with Gasteiger partial charge in [-0.2, -0.15) is 0 Å². The highest BCUT2D eigenvalue weighted by atomic mass is 16.4. The number of anilines is 1. The minimum absolute atomic E-state index is 0.121. The minimum atomic E-state index is -1.22. The summed E-state index contributed by atoms with van der Waals surface area (Å²) in [5.74, 6) is -1.54. The molecule has 0 spiro atoms. The van der Waals surface area contributed by atoms with Crippen molar-refractivity contribution in [2.24, 2.45) is 0 Å². The van der Waals surface area contributed by atoms with E-state index < -0.39 is 12.1 Å². The van der Waals surface area contributed by atoms with Gasteiger partial charge in [-0.15, -0.1) is 0 Å². The molecule has 2 rings (SSSR count). The van der Waals surface area contributed by atoms with Crippen LogP contribution in [0.1, 0.15) is 28.9 Å². The number of aromatic hydroxyl groups is 1. The van der Waals surface area contributed by atoms with Crippen molar-refractivity contribution in [2.75, 3.05) is 25.0 Å². The minimum Gasteiger partial charge on any atom is -0.507 e. The van der Waals surface area contributed by atoms with E-state index in [0.717, 1.165) is 12.2 Å². The molecular weight excluding hydrogens is 320 g/mol. The van der Waals surface area contributed by atoms with Crippen molar-refractivity contribution in [3.63, 3.8) is 0 Å². The van der Waals surface area contributed by atoms with Crippen LogP contribution in [-0.4, -0.2) is 47.5 Å². The first-order chi connectivity index (χ1) is 11.9. The number of aliphatic hydroxyl groups is 1. The molecule has 0 bridgehead atoms. The number of aromatic carboxylic acids is 1. The zero-order chi connectivity index (χ0) is 18.4. The molecular formula is C19H24N2O4. The van der Waals surface area contributed by atoms with E-state index in [1.54, 1.807) is 0 Å². The van der Waals surface area contributed by atoms with Crippen LogP contribution in [0, 0.1) is 0 Å². The van der Waals surface area contributed by atoms with Gasteiger partial charge in [-0.05, 0) is 36.8 Å². The maximum Gasteiger partial charge on any atom is 0.339 e. The van der Waals surface area contributed by atoms with Crippen molar-refractivity contribution >= 4 is 11.7 Å². The number of carbonyl (C=O) groups is 1. The lowest BCUT2D eigenvalue weighted by atomic mass is 10.0. The number of hydrogen-bond donors (Lipinski definition) is 4. The Morgan fingerprint density at radius 1 is 1.20 bits per heavy atom. The number of nitrogens with one attached hydrogen (secondary N) is 1. The van der Waals surface area contributed by atoms with Gasteiger partial charge in [-0.3, -0.25) is 0 Å². The molecule has 6 heteroatoms. The Morgan fingerprint density at radius 2 is 1.88 bits per heavy atom. The van der Waals surface area contributed by atoms with Crippen LogP contribution >= 0.6 is 0 Å². The van der Waals surface area contributed by atoms with Crippen LogP contribution < -0.4 is 10.2 Å². The second-order valence-electron chi connectivity index (χ2n) is 6.12. The summed E-state index contributed by atoms with van der Waals surface area (Å²) in [7, 11) is 2.00. The van der Waals surface area contributed by atoms with Crippen LogP contribution in [0.25, 0.3) is 0 Å². The van der Waals surface area contributed by atoms with E-state index in [9.17, 15) is 15.0 Å². The highest BCUT2D eigenvalue weighted by Crippen LogP contribution is 2.22. The van der Waals surface area contributed by atoms with Gasteiger partial charge in [0.25, 0.3) is 0 Å². The largest absolute Gasteiger partial charge is 0.507 e. The van der Waals surface area contributed by atoms with Crippen molar-refractivity contribution < 1.29 is 20.1 Å². The maximum atomic E-state index is 11.1. The number of benzene rings is 2. The van der Waals surface area contributed by atoms with Crippen LogP contribution in [0.5, 0.6) is 5.75 Å². The summed E-state index contributed by atoms with van der Waals surface area (Å²) < 4.78 is 0. The van der Waals surface area contributed by atoms with Gasteiger partial charge < -0.3 is 25.5 Å². The lowest BCUT2D eigenvalue weighted by Gasteiger charge is -2.25. The number of likely N-dealkylation sites (N-methyl/N-ethyl adjacent to an activating group) is 1. The molecule has 2 atom stereocenters. The van der Waals surface area contributed by atoms with Gasteiger partial charge in [0.15, 0.2) is 0 Å². The number of nitrogens with zero attached hydrogens (tertiary/aromatic N) is 1. The van der Waals surface area contributed by atoms with E-state index >= 15 is 0 Å². The molecule has 0 radical (unpaired) electrons. The lowest BCUT2D eigenvalue weighted by molar-refractivity contribution is 0.0693. The number of aliphatic hydroxyl groups excluding tert-OH is 1. The van der Waals surface area contributed by atoms with Crippen LogP contribution in [0.15, 0.2) is 48.5 Å². The van der Waals surface area contributed by atoms with Gasteiger partial charge in [-0.25, -0.2) is 4.79 Å². The first-order valence-electron chi connectivity index (χ1n) is 8.12. The second-order valence-corrected chi connectivity index (χ2v) is 6.12. The molecule has 134 valence electrons. The third kappa shape index (κ3) is 5.20. The summed E-state index contributed by atoms with van der Waals surface area (Å²) in [6.45, 7) is 3.06. The Kier molecular flexibility index (Phi) is 6.38. The van der Waals surface area contributed by atoms with Gasteiger partial charge in [0.1, 0.15) is 11.3 Å². The molecule has 0 aromatic heterocycles. The fraction of sp³-hybridized carbons (Fsp3) is 0.316. The van der Waals surface area contributed by atoms with Gasteiger partial charge in [-0.1, -0.05) is 24.3 Å². The Balaban J connectivity index is 1.90. The molecule has 0 fully saturated rings. The van der Waals surface area contributed by atoms with Crippen molar-refractivity contribution in [2.45, 2.75) is 19.1 Å². The molecule has 0 aliphatic carbocycles. The van der Waals surface area contributed by atoms with Crippen LogP contribution in [0.3, 0.4) is 0 Å². The van der Waals surface area contributed by atoms with E-state index in [1.807, 2.05) is 44.3 Å². The molecule has 0 saturated heterocycles. The van der Waals surface area contributed by atoms with Gasteiger partial charge >= 0.3 is 5.97 Å². The quantitative estimate of drug-likeness (QED) is 0.587. The van der Waals surface area contributed by atoms with E-state index in [2.05, 4.69) is 10.2 Å². The summed E-state index contributed by atoms with van der Waals surface area (Å²) in [4.78, 5) is 13.2. The molecule has 4 N–H and O–H groups in total. The average molecular weight is 344 g/mol. The highest BCUT2D eigenvalue weighted by Gasteiger charge is 2.15. The molecule has 2 unspecified atom stereocenters. The first kappa shape index (κ1) is 18.8. The Bertz CT molecular complexity index is 706. The summed E-state index contributed by atoms with van der Waals surface area (Å²) in [6.07, 6.45) is -0.858. The van der Waals surface area contributed by atoms with Crippen LogP contribution in [0.2, 0.25) is 0 Å². The van der Waals surface area contributed by atoms with Crippen molar-refractivity contribution in [3.8, 4) is 5.75 Å². The number of para-hydroxylation sites is 1. The number of phenols is 1. The zero-order valence-electron chi connectivity index (χ0n) is 14.4. The Morgan fingerprint density at radius 3 is 2.52 bits per heavy atom. The Labute approximate surface area is 147 Å². The molecule has 25 heavy (non-hydrogen) atoms. The molecule has 6 nitrogen and oxygen atoms in total. The summed E-state index contributed by atoms with van der Waals surface area (Å²) >= 11 is 0. The number of carboxylic acids is 1. The highest BCUT2D eigenvalue weighted by molar-refractivity contribution is 5.90. The van der Waals surface area contributed by atoms with Crippen molar-refractivity contribution in [1.82, 2.24) is 5.32 Å². The normalized spacial score (nSPS) is 13.2. The molecule has 2 aromatic carbocycles. The number of carboxylic acid groups (broad SMARTS) is 1. The topological polar surface area (TPSA) is 93.0 Å². The van der Waals surface area contributed by atoms with E-state index in [1.165, 1.54) is 18.2 Å². The molecule has 0 heterocycles. The SMILES string of the molecule is CC(CN(C)c1ccccc1)NCC(O)c1ccc(O)c(C(=O)O)c1. The summed E-state index contributed by atoms with van der Waals surface area (Å²) in [5.41, 5.74) is 1.35. The smallest absolute Gasteiger partial charge is 0.339 e. The van der Waals surface area contributed by atoms with Gasteiger partial charge in [0.05, 0.1) is 6.10 Å². The Hall–Kier alpha value is -2.57. The predicted octanol–water partition coefficient (Wildman–Crippen LogP) is 2.24. The van der Waals surface area contributed by atoms with Crippen molar-refractivity contribution in [1.29, 1.82) is 0 Å². The molecule has 0 amide bonds. The second kappa shape index (κ2) is 8.50. The van der Waals surface area contributed by atoms with Gasteiger partial charge in [0.2, 0.25) is 0 Å². The third-order valence-corrected chi connectivity index (χ3v) is 4.04. The summed E-state index contributed by atoms with van der Waals surface area (Å²) in [5, 5.41) is 32.1. The third-order valence-electron chi connectivity index (χ3n) is 4.04. The average Bonchev–Trinajstić information content (AvgIpc) is 2.60. The van der Waals surface area contributed by atoms with E-state index in [0.29, 0.717) is 5.56 Å².